The van der Waals surface area contributed by atoms with Crippen molar-refractivity contribution in [3.63, 3.8) is 0 Å². The molecule has 0 bridgehead atoms. The molecule has 0 saturated carbocycles. The topological polar surface area (TPSA) is 116 Å². The summed E-state index contributed by atoms with van der Waals surface area (Å²) in [5.74, 6) is -0.524. The smallest absolute Gasteiger partial charge is 0.340 e. The Balaban J connectivity index is 1.65. The number of nitrogens with zero attached hydrogens (tertiary/aromatic N) is 1. The number of aromatic nitrogens is 1. The van der Waals surface area contributed by atoms with Gasteiger partial charge in [0.05, 0.1) is 37.6 Å². The Kier molecular flexibility index (Phi) is 8.43. The average molecular weight is 498 g/mol. The summed E-state index contributed by atoms with van der Waals surface area (Å²) in [6.07, 6.45) is 0.106. The molecule has 0 radical (unpaired) electrons. The summed E-state index contributed by atoms with van der Waals surface area (Å²) in [7, 11) is 2.90. The fourth-order valence-electron chi connectivity index (χ4n) is 3.26. The summed E-state index contributed by atoms with van der Waals surface area (Å²) in [5.41, 5.74) is 3.67. The van der Waals surface area contributed by atoms with Gasteiger partial charge in [-0.3, -0.25) is 9.59 Å². The van der Waals surface area contributed by atoms with E-state index in [0.717, 1.165) is 16.8 Å². The normalized spacial score (nSPS) is 10.4. The zero-order chi connectivity index (χ0) is 25.5. The number of hydrogen-bond donors (Lipinski definition) is 2. The number of anilines is 2. The van der Waals surface area contributed by atoms with Gasteiger partial charge in [0.2, 0.25) is 11.8 Å². The van der Waals surface area contributed by atoms with Crippen LogP contribution in [0.3, 0.4) is 0 Å². The van der Waals surface area contributed by atoms with Crippen molar-refractivity contribution in [1.82, 2.24) is 4.98 Å². The number of rotatable bonds is 9. The first-order chi connectivity index (χ1) is 16.7. The van der Waals surface area contributed by atoms with E-state index in [2.05, 4.69) is 15.6 Å². The van der Waals surface area contributed by atoms with Gasteiger partial charge in [0, 0.05) is 30.1 Å². The summed E-state index contributed by atoms with van der Waals surface area (Å²) in [6.45, 7) is 5.13. The van der Waals surface area contributed by atoms with Crippen molar-refractivity contribution in [2.75, 3.05) is 24.9 Å². The highest BCUT2D eigenvalue weighted by molar-refractivity contribution is 7.09. The van der Waals surface area contributed by atoms with Gasteiger partial charge in [-0.05, 0) is 31.0 Å². The van der Waals surface area contributed by atoms with E-state index in [0.29, 0.717) is 22.2 Å². The molecule has 10 heteroatoms. The van der Waals surface area contributed by atoms with E-state index in [1.54, 1.807) is 5.38 Å². The van der Waals surface area contributed by atoms with Crippen molar-refractivity contribution in [2.24, 2.45) is 0 Å². The minimum atomic E-state index is -0.670. The summed E-state index contributed by atoms with van der Waals surface area (Å²) in [5, 5.41) is 7.84. The average Bonchev–Trinajstić information content (AvgIpc) is 3.26. The fourth-order valence-corrected chi connectivity index (χ4v) is 4.03. The van der Waals surface area contributed by atoms with Crippen LogP contribution in [-0.2, 0) is 27.4 Å². The van der Waals surface area contributed by atoms with Gasteiger partial charge in [-0.2, -0.15) is 0 Å². The van der Waals surface area contributed by atoms with Crippen LogP contribution in [-0.4, -0.2) is 37.0 Å². The van der Waals surface area contributed by atoms with Crippen LogP contribution in [0.5, 0.6) is 11.5 Å². The van der Waals surface area contributed by atoms with Crippen LogP contribution in [0.4, 0.5) is 11.4 Å². The molecule has 35 heavy (non-hydrogen) atoms. The maximum Gasteiger partial charge on any atom is 0.340 e. The highest BCUT2D eigenvalue weighted by atomic mass is 32.1. The van der Waals surface area contributed by atoms with E-state index in [9.17, 15) is 14.4 Å². The number of methoxy groups -OCH3 is 2. The molecule has 0 saturated heterocycles. The largest absolute Gasteiger partial charge is 0.493 e. The molecule has 9 nitrogen and oxygen atoms in total. The van der Waals surface area contributed by atoms with Crippen LogP contribution in [0.15, 0.2) is 35.7 Å². The quantitative estimate of drug-likeness (QED) is 0.424. The summed E-state index contributed by atoms with van der Waals surface area (Å²) < 4.78 is 15.9. The number of carbonyl (C=O) groups excluding carboxylic acids is 3. The molecule has 2 N–H and O–H groups in total. The number of benzene rings is 2. The van der Waals surface area contributed by atoms with Gasteiger partial charge in [0.25, 0.3) is 0 Å². The van der Waals surface area contributed by atoms with E-state index in [1.165, 1.54) is 44.6 Å². The third kappa shape index (κ3) is 6.80. The van der Waals surface area contributed by atoms with Crippen molar-refractivity contribution < 1.29 is 28.6 Å². The second-order valence-corrected chi connectivity index (χ2v) is 8.73. The van der Waals surface area contributed by atoms with Crippen LogP contribution in [0.2, 0.25) is 0 Å². The van der Waals surface area contributed by atoms with Gasteiger partial charge in [-0.25, -0.2) is 9.78 Å². The Bertz CT molecular complexity index is 1250. The molecule has 0 aliphatic rings. The van der Waals surface area contributed by atoms with E-state index < -0.39 is 5.97 Å². The minimum absolute atomic E-state index is 0.0954. The Hall–Kier alpha value is -3.92. The first kappa shape index (κ1) is 25.7. The number of ether oxygens (including phenoxy) is 3. The molecule has 184 valence electrons. The third-order valence-corrected chi connectivity index (χ3v) is 5.88. The molecule has 1 aromatic heterocycles. The maximum atomic E-state index is 12.8. The molecular weight excluding hydrogens is 470 g/mol. The van der Waals surface area contributed by atoms with Crippen LogP contribution < -0.4 is 20.1 Å². The summed E-state index contributed by atoms with van der Waals surface area (Å²) in [4.78, 5) is 41.2. The second-order valence-electron chi connectivity index (χ2n) is 7.79. The van der Waals surface area contributed by atoms with Crippen molar-refractivity contribution in [2.45, 2.75) is 33.8 Å². The maximum absolute atomic E-state index is 12.8. The zero-order valence-electron chi connectivity index (χ0n) is 20.2. The Morgan fingerprint density at radius 2 is 1.69 bits per heavy atom. The molecule has 1 heterocycles. The lowest BCUT2D eigenvalue weighted by Crippen LogP contribution is -2.15. The molecule has 0 spiro atoms. The van der Waals surface area contributed by atoms with Gasteiger partial charge in [-0.15, -0.1) is 11.3 Å². The Morgan fingerprint density at radius 3 is 2.37 bits per heavy atom. The van der Waals surface area contributed by atoms with E-state index in [4.69, 9.17) is 14.2 Å². The van der Waals surface area contributed by atoms with Crippen molar-refractivity contribution in [3.8, 4) is 11.5 Å². The number of esters is 1. The van der Waals surface area contributed by atoms with E-state index in [1.807, 2.05) is 32.0 Å². The second kappa shape index (κ2) is 11.5. The van der Waals surface area contributed by atoms with Crippen molar-refractivity contribution in [3.05, 3.63) is 63.1 Å². The van der Waals surface area contributed by atoms with E-state index in [-0.39, 0.29) is 36.1 Å². The molecular formula is C25H27N3O6S. The molecule has 3 aromatic rings. The Morgan fingerprint density at radius 1 is 0.971 bits per heavy atom. The number of aryl methyl sites for hydroxylation is 2. The third-order valence-electron chi connectivity index (χ3n) is 4.98. The predicted molar refractivity (Wildman–Crippen MR) is 133 cm³/mol. The lowest BCUT2D eigenvalue weighted by Gasteiger charge is -2.14. The molecule has 0 aliphatic heterocycles. The summed E-state index contributed by atoms with van der Waals surface area (Å²) in [6, 6.07) is 8.79. The molecule has 0 unspecified atom stereocenters. The highest BCUT2D eigenvalue weighted by Gasteiger charge is 2.20. The van der Waals surface area contributed by atoms with Crippen LogP contribution in [0.1, 0.15) is 39.1 Å². The number of amides is 2. The van der Waals surface area contributed by atoms with E-state index >= 15 is 0 Å². The molecule has 0 aliphatic carbocycles. The lowest BCUT2D eigenvalue weighted by atomic mass is 10.1. The SMILES string of the molecule is COc1cc(NC(C)=O)c(C(=O)OCc2csc(CC(=O)Nc3cc(C)ccc3C)n2)cc1OC. The molecule has 0 fully saturated rings. The van der Waals surface area contributed by atoms with Gasteiger partial charge in [0.1, 0.15) is 11.6 Å². The van der Waals surface area contributed by atoms with Crippen molar-refractivity contribution >= 4 is 40.5 Å². The van der Waals surface area contributed by atoms with Crippen LogP contribution in [0.25, 0.3) is 0 Å². The molecule has 2 amide bonds. The number of nitrogens with one attached hydrogen (secondary N) is 2. The van der Waals surface area contributed by atoms with Crippen LogP contribution in [0, 0.1) is 13.8 Å². The lowest BCUT2D eigenvalue weighted by molar-refractivity contribution is -0.116. The van der Waals surface area contributed by atoms with Gasteiger partial charge >= 0.3 is 5.97 Å². The Labute approximate surface area is 207 Å². The standard InChI is InChI=1S/C25H27N3O6S/c1-14-6-7-15(2)19(8-14)28-23(30)11-24-27-17(13-35-24)12-34-25(31)18-9-21(32-4)22(33-5)10-20(18)26-16(3)29/h6-10,13H,11-12H2,1-5H3,(H,26,29)(H,28,30). The number of thiazole rings is 1. The summed E-state index contributed by atoms with van der Waals surface area (Å²) >= 11 is 1.31. The molecule has 3 rings (SSSR count). The minimum Gasteiger partial charge on any atom is -0.493 e. The van der Waals surface area contributed by atoms with Gasteiger partial charge in [0.15, 0.2) is 11.5 Å². The first-order valence-corrected chi connectivity index (χ1v) is 11.6. The number of hydrogen-bond acceptors (Lipinski definition) is 8. The van der Waals surface area contributed by atoms with Gasteiger partial charge in [-0.1, -0.05) is 12.1 Å². The van der Waals surface area contributed by atoms with Crippen LogP contribution >= 0.6 is 11.3 Å². The zero-order valence-corrected chi connectivity index (χ0v) is 21.0. The van der Waals surface area contributed by atoms with Crippen molar-refractivity contribution in [1.29, 1.82) is 0 Å². The monoisotopic (exact) mass is 497 g/mol. The highest BCUT2D eigenvalue weighted by Crippen LogP contribution is 2.34. The number of carbonyl (C=O) groups is 3. The van der Waals surface area contributed by atoms with Gasteiger partial charge < -0.3 is 24.8 Å². The molecule has 0 atom stereocenters. The first-order valence-electron chi connectivity index (χ1n) is 10.7. The molecule has 2 aromatic carbocycles. The fraction of sp³-hybridized carbons (Fsp3) is 0.280. The predicted octanol–water partition coefficient (Wildman–Crippen LogP) is 4.27.